The fourth-order valence-electron chi connectivity index (χ4n) is 1.84. The lowest BCUT2D eigenvalue weighted by Gasteiger charge is -2.21. The average molecular weight is 235 g/mol. The molecule has 0 saturated heterocycles. The van der Waals surface area contributed by atoms with Gasteiger partial charge in [-0.25, -0.2) is 0 Å². The van der Waals surface area contributed by atoms with E-state index in [2.05, 4.69) is 0 Å². The van der Waals surface area contributed by atoms with E-state index >= 15 is 0 Å². The molecule has 4 nitrogen and oxygen atoms in total. The summed E-state index contributed by atoms with van der Waals surface area (Å²) in [5, 5.41) is 8.98. The van der Waals surface area contributed by atoms with Crippen LogP contribution in [0.3, 0.4) is 0 Å². The highest BCUT2D eigenvalue weighted by atomic mass is 16.5. The van der Waals surface area contributed by atoms with Crippen LogP contribution in [0.2, 0.25) is 0 Å². The van der Waals surface area contributed by atoms with Crippen LogP contribution in [-0.4, -0.2) is 42.2 Å². The second kappa shape index (κ2) is 5.19. The zero-order valence-electron chi connectivity index (χ0n) is 9.93. The Morgan fingerprint density at radius 3 is 2.53 bits per heavy atom. The van der Waals surface area contributed by atoms with E-state index in [1.54, 1.807) is 36.3 Å². The fraction of sp³-hybridized carbons (Fsp3) is 0.462. The number of benzene rings is 1. The van der Waals surface area contributed by atoms with Crippen LogP contribution in [0.1, 0.15) is 23.2 Å². The molecule has 1 aliphatic carbocycles. The minimum absolute atomic E-state index is 0.01000. The van der Waals surface area contributed by atoms with E-state index in [4.69, 9.17) is 9.84 Å². The van der Waals surface area contributed by atoms with E-state index in [-0.39, 0.29) is 12.5 Å². The minimum Gasteiger partial charge on any atom is -0.497 e. The van der Waals surface area contributed by atoms with Crippen molar-refractivity contribution in [2.75, 3.05) is 20.3 Å². The zero-order valence-corrected chi connectivity index (χ0v) is 9.93. The van der Waals surface area contributed by atoms with Gasteiger partial charge in [-0.2, -0.15) is 0 Å². The van der Waals surface area contributed by atoms with E-state index in [1.165, 1.54) is 0 Å². The Labute approximate surface area is 101 Å². The van der Waals surface area contributed by atoms with Gasteiger partial charge >= 0.3 is 0 Å². The first-order valence-electron chi connectivity index (χ1n) is 5.82. The lowest BCUT2D eigenvalue weighted by molar-refractivity contribution is 0.0707. The summed E-state index contributed by atoms with van der Waals surface area (Å²) >= 11 is 0. The van der Waals surface area contributed by atoms with E-state index in [0.717, 1.165) is 18.6 Å². The number of carbonyl (C=O) groups excluding carboxylic acids is 1. The first-order valence-corrected chi connectivity index (χ1v) is 5.82. The lowest BCUT2D eigenvalue weighted by Crippen LogP contribution is -2.35. The van der Waals surface area contributed by atoms with Gasteiger partial charge in [-0.05, 0) is 37.1 Å². The summed E-state index contributed by atoms with van der Waals surface area (Å²) in [6, 6.07) is 7.38. The standard InChI is InChI=1S/C13H17NO3/c1-17-12-6-2-10(3-7-12)13(16)14(8-9-15)11-4-5-11/h2-3,6-7,11,15H,4-5,8-9H2,1H3. The molecule has 1 amide bonds. The molecule has 0 radical (unpaired) electrons. The predicted octanol–water partition coefficient (Wildman–Crippen LogP) is 1.29. The Morgan fingerprint density at radius 1 is 1.41 bits per heavy atom. The maximum atomic E-state index is 12.2. The minimum atomic E-state index is -0.01000. The Bertz CT molecular complexity index is 384. The van der Waals surface area contributed by atoms with Gasteiger partial charge in [0.25, 0.3) is 5.91 Å². The number of amides is 1. The molecule has 1 aromatic carbocycles. The number of hydrogen-bond donors (Lipinski definition) is 1. The van der Waals surface area contributed by atoms with Crippen molar-refractivity contribution in [3.8, 4) is 5.75 Å². The number of nitrogens with zero attached hydrogens (tertiary/aromatic N) is 1. The fourth-order valence-corrected chi connectivity index (χ4v) is 1.84. The highest BCUT2D eigenvalue weighted by molar-refractivity contribution is 5.94. The highest BCUT2D eigenvalue weighted by Crippen LogP contribution is 2.28. The molecule has 92 valence electrons. The predicted molar refractivity (Wildman–Crippen MR) is 64.1 cm³/mol. The zero-order chi connectivity index (χ0) is 12.3. The van der Waals surface area contributed by atoms with Gasteiger partial charge in [-0.15, -0.1) is 0 Å². The van der Waals surface area contributed by atoms with E-state index < -0.39 is 0 Å². The molecule has 0 unspecified atom stereocenters. The largest absolute Gasteiger partial charge is 0.497 e. The molecule has 0 bridgehead atoms. The molecular weight excluding hydrogens is 218 g/mol. The third kappa shape index (κ3) is 2.77. The Hall–Kier alpha value is -1.55. The second-order valence-electron chi connectivity index (χ2n) is 4.18. The van der Waals surface area contributed by atoms with Gasteiger partial charge in [0.05, 0.1) is 13.7 Å². The average Bonchev–Trinajstić information content (AvgIpc) is 3.19. The summed E-state index contributed by atoms with van der Waals surface area (Å²) in [5.41, 5.74) is 0.645. The van der Waals surface area contributed by atoms with Gasteiger partial charge in [0.15, 0.2) is 0 Å². The number of aliphatic hydroxyl groups is 1. The monoisotopic (exact) mass is 235 g/mol. The van der Waals surface area contributed by atoms with Crippen LogP contribution in [0.5, 0.6) is 5.75 Å². The molecule has 4 heteroatoms. The molecule has 1 fully saturated rings. The van der Waals surface area contributed by atoms with Gasteiger partial charge < -0.3 is 14.7 Å². The third-order valence-electron chi connectivity index (χ3n) is 2.93. The SMILES string of the molecule is COc1ccc(C(=O)N(CCO)C2CC2)cc1. The van der Waals surface area contributed by atoms with E-state index in [9.17, 15) is 4.79 Å². The van der Waals surface area contributed by atoms with Crippen molar-refractivity contribution in [3.63, 3.8) is 0 Å². The molecule has 0 heterocycles. The molecule has 2 rings (SSSR count). The van der Waals surface area contributed by atoms with Gasteiger partial charge in [0.2, 0.25) is 0 Å². The third-order valence-corrected chi connectivity index (χ3v) is 2.93. The van der Waals surface area contributed by atoms with E-state index in [0.29, 0.717) is 18.2 Å². The van der Waals surface area contributed by atoms with Crippen LogP contribution >= 0.6 is 0 Å². The molecule has 1 saturated carbocycles. The van der Waals surface area contributed by atoms with Crippen LogP contribution < -0.4 is 4.74 Å². The summed E-state index contributed by atoms with van der Waals surface area (Å²) in [6.07, 6.45) is 2.09. The molecule has 17 heavy (non-hydrogen) atoms. The van der Waals surface area contributed by atoms with Gasteiger partial charge in [0, 0.05) is 18.2 Å². The van der Waals surface area contributed by atoms with Crippen molar-refractivity contribution in [3.05, 3.63) is 29.8 Å². The number of aliphatic hydroxyl groups excluding tert-OH is 1. The summed E-state index contributed by atoms with van der Waals surface area (Å²) in [4.78, 5) is 13.9. The number of methoxy groups -OCH3 is 1. The normalized spacial score (nSPS) is 14.5. The summed E-state index contributed by atoms with van der Waals surface area (Å²) in [6.45, 7) is 0.425. The second-order valence-corrected chi connectivity index (χ2v) is 4.18. The number of ether oxygens (including phenoxy) is 1. The van der Waals surface area contributed by atoms with Crippen molar-refractivity contribution in [2.24, 2.45) is 0 Å². The molecule has 0 aromatic heterocycles. The molecule has 1 aromatic rings. The van der Waals surface area contributed by atoms with Crippen molar-refractivity contribution < 1.29 is 14.6 Å². The van der Waals surface area contributed by atoms with Gasteiger partial charge in [-0.3, -0.25) is 4.79 Å². The van der Waals surface area contributed by atoms with Crippen LogP contribution in [-0.2, 0) is 0 Å². The summed E-state index contributed by atoms with van der Waals surface area (Å²) in [5.74, 6) is 0.728. The van der Waals surface area contributed by atoms with Crippen molar-refractivity contribution in [1.29, 1.82) is 0 Å². The van der Waals surface area contributed by atoms with Crippen molar-refractivity contribution >= 4 is 5.91 Å². The molecular formula is C13H17NO3. The molecule has 0 spiro atoms. The molecule has 0 atom stereocenters. The topological polar surface area (TPSA) is 49.8 Å². The quantitative estimate of drug-likeness (QED) is 0.836. The van der Waals surface area contributed by atoms with Gasteiger partial charge in [0.1, 0.15) is 5.75 Å². The molecule has 1 aliphatic rings. The van der Waals surface area contributed by atoms with Crippen LogP contribution in [0.15, 0.2) is 24.3 Å². The van der Waals surface area contributed by atoms with E-state index in [1.807, 2.05) is 0 Å². The number of carbonyl (C=O) groups is 1. The summed E-state index contributed by atoms with van der Waals surface area (Å²) < 4.78 is 5.05. The van der Waals surface area contributed by atoms with Gasteiger partial charge in [-0.1, -0.05) is 0 Å². The Kier molecular flexibility index (Phi) is 3.64. The van der Waals surface area contributed by atoms with Crippen LogP contribution in [0.25, 0.3) is 0 Å². The number of hydrogen-bond acceptors (Lipinski definition) is 3. The van der Waals surface area contributed by atoms with Crippen molar-refractivity contribution in [1.82, 2.24) is 4.90 Å². The first-order chi connectivity index (χ1) is 8.26. The Balaban J connectivity index is 2.10. The lowest BCUT2D eigenvalue weighted by atomic mass is 10.2. The highest BCUT2D eigenvalue weighted by Gasteiger charge is 2.32. The van der Waals surface area contributed by atoms with Crippen molar-refractivity contribution in [2.45, 2.75) is 18.9 Å². The number of rotatable bonds is 5. The maximum Gasteiger partial charge on any atom is 0.254 e. The maximum absolute atomic E-state index is 12.2. The molecule has 0 aliphatic heterocycles. The van der Waals surface area contributed by atoms with Crippen LogP contribution in [0.4, 0.5) is 0 Å². The first kappa shape index (κ1) is 11.9. The van der Waals surface area contributed by atoms with Crippen LogP contribution in [0, 0.1) is 0 Å². The molecule has 1 N–H and O–H groups in total. The Morgan fingerprint density at radius 2 is 2.06 bits per heavy atom. The summed E-state index contributed by atoms with van der Waals surface area (Å²) in [7, 11) is 1.60. The smallest absolute Gasteiger partial charge is 0.254 e.